The van der Waals surface area contributed by atoms with Gasteiger partial charge in [-0.15, -0.1) is 0 Å². The van der Waals surface area contributed by atoms with Gasteiger partial charge in [-0.1, -0.05) is 170 Å². The van der Waals surface area contributed by atoms with E-state index in [1.54, 1.807) is 0 Å². The summed E-state index contributed by atoms with van der Waals surface area (Å²) in [5, 5.41) is 2.22. The molecule has 2 nitrogen and oxygen atoms in total. The Labute approximate surface area is 297 Å². The summed E-state index contributed by atoms with van der Waals surface area (Å²) in [6, 6.07) is 72.1. The van der Waals surface area contributed by atoms with E-state index < -0.39 is 5.41 Å². The number of nitrogens with zero attached hydrogens (tertiary/aromatic N) is 1. The molecule has 0 saturated carbocycles. The Morgan fingerprint density at radius 2 is 0.941 bits per heavy atom. The minimum Gasteiger partial charge on any atom is -0.454 e. The summed E-state index contributed by atoms with van der Waals surface area (Å²) >= 11 is 0. The molecule has 51 heavy (non-hydrogen) atoms. The lowest BCUT2D eigenvalue weighted by Crippen LogP contribution is -2.28. The van der Waals surface area contributed by atoms with Crippen LogP contribution in [0, 0.1) is 0 Å². The van der Waals surface area contributed by atoms with E-state index in [0.29, 0.717) is 0 Å². The number of benzene rings is 8. The van der Waals surface area contributed by atoms with Gasteiger partial charge in [0, 0.05) is 22.0 Å². The second-order valence-corrected chi connectivity index (χ2v) is 13.2. The summed E-state index contributed by atoms with van der Waals surface area (Å²) in [6.07, 6.45) is 0. The smallest absolute Gasteiger partial charge is 0.159 e. The molecular weight excluding hydrogens is 619 g/mol. The van der Waals surface area contributed by atoms with Gasteiger partial charge in [-0.25, -0.2) is 0 Å². The van der Waals surface area contributed by atoms with Crippen molar-refractivity contribution in [1.82, 2.24) is 0 Å². The van der Waals surface area contributed by atoms with Crippen molar-refractivity contribution in [3.63, 3.8) is 0 Å². The number of hydrogen-bond donors (Lipinski definition) is 0. The summed E-state index contributed by atoms with van der Waals surface area (Å²) in [4.78, 5) is 2.40. The van der Waals surface area contributed by atoms with Gasteiger partial charge < -0.3 is 9.32 Å². The van der Waals surface area contributed by atoms with Gasteiger partial charge >= 0.3 is 0 Å². The maximum Gasteiger partial charge on any atom is 0.159 e. The molecule has 0 amide bonds. The van der Waals surface area contributed by atoms with Crippen LogP contribution in [-0.2, 0) is 5.41 Å². The molecule has 1 aliphatic rings. The van der Waals surface area contributed by atoms with Crippen LogP contribution in [0.2, 0.25) is 0 Å². The van der Waals surface area contributed by atoms with Gasteiger partial charge in [0.2, 0.25) is 0 Å². The van der Waals surface area contributed by atoms with Crippen LogP contribution in [-0.4, -0.2) is 0 Å². The van der Waals surface area contributed by atoms with Crippen molar-refractivity contribution in [1.29, 1.82) is 0 Å². The molecule has 0 unspecified atom stereocenters. The first-order chi connectivity index (χ1) is 25.3. The molecule has 0 radical (unpaired) electrons. The predicted molar refractivity (Wildman–Crippen MR) is 211 cm³/mol. The zero-order chi connectivity index (χ0) is 33.8. The fraction of sp³-hybridized carbons (Fsp3) is 0.0204. The summed E-state index contributed by atoms with van der Waals surface area (Å²) in [6.45, 7) is 0. The van der Waals surface area contributed by atoms with E-state index in [1.807, 2.05) is 6.07 Å². The first-order valence-electron chi connectivity index (χ1n) is 17.5. The summed E-state index contributed by atoms with van der Waals surface area (Å²) in [5.41, 5.74) is 14.3. The van der Waals surface area contributed by atoms with Crippen LogP contribution in [0.3, 0.4) is 0 Å². The van der Waals surface area contributed by atoms with Gasteiger partial charge in [0.25, 0.3) is 0 Å². The largest absolute Gasteiger partial charge is 0.454 e. The van der Waals surface area contributed by atoms with E-state index in [1.165, 1.54) is 44.5 Å². The third kappa shape index (κ3) is 4.43. The zero-order valence-electron chi connectivity index (χ0n) is 27.9. The first kappa shape index (κ1) is 29.3. The van der Waals surface area contributed by atoms with E-state index >= 15 is 0 Å². The second kappa shape index (κ2) is 11.8. The Morgan fingerprint density at radius 3 is 1.69 bits per heavy atom. The highest BCUT2D eigenvalue weighted by Gasteiger charge is 2.47. The molecule has 0 saturated heterocycles. The summed E-state index contributed by atoms with van der Waals surface area (Å²) < 4.78 is 6.73. The monoisotopic (exact) mass is 651 g/mol. The van der Waals surface area contributed by atoms with Gasteiger partial charge in [0.05, 0.1) is 16.8 Å². The second-order valence-electron chi connectivity index (χ2n) is 13.2. The lowest BCUT2D eigenvalue weighted by molar-refractivity contribution is 0.669. The van der Waals surface area contributed by atoms with Gasteiger partial charge in [0.15, 0.2) is 5.58 Å². The van der Waals surface area contributed by atoms with Crippen molar-refractivity contribution >= 4 is 39.0 Å². The topological polar surface area (TPSA) is 16.4 Å². The average molecular weight is 652 g/mol. The molecule has 0 atom stereocenters. The van der Waals surface area contributed by atoms with Crippen molar-refractivity contribution in [3.05, 3.63) is 222 Å². The van der Waals surface area contributed by atoms with Crippen LogP contribution in [0.25, 0.3) is 44.2 Å². The quantitative estimate of drug-likeness (QED) is 0.178. The highest BCUT2D eigenvalue weighted by atomic mass is 16.3. The fourth-order valence-corrected chi connectivity index (χ4v) is 8.41. The highest BCUT2D eigenvalue weighted by molar-refractivity contribution is 6.11. The summed E-state index contributed by atoms with van der Waals surface area (Å²) in [5.74, 6) is 0. The predicted octanol–water partition coefficient (Wildman–Crippen LogP) is 13.1. The van der Waals surface area contributed by atoms with Gasteiger partial charge in [-0.3, -0.25) is 0 Å². The fourth-order valence-electron chi connectivity index (χ4n) is 8.41. The number of fused-ring (bicyclic) bond motifs is 6. The van der Waals surface area contributed by atoms with E-state index in [-0.39, 0.29) is 0 Å². The Morgan fingerprint density at radius 1 is 0.392 bits per heavy atom. The maximum absolute atomic E-state index is 6.73. The minimum atomic E-state index is -0.501. The van der Waals surface area contributed by atoms with E-state index in [0.717, 1.165) is 39.0 Å². The van der Waals surface area contributed by atoms with Crippen LogP contribution in [0.1, 0.15) is 22.3 Å². The van der Waals surface area contributed by atoms with E-state index in [9.17, 15) is 0 Å². The van der Waals surface area contributed by atoms with E-state index in [4.69, 9.17) is 4.42 Å². The Bertz CT molecular complexity index is 2640. The molecule has 240 valence electrons. The van der Waals surface area contributed by atoms with Crippen molar-refractivity contribution < 1.29 is 4.42 Å². The van der Waals surface area contributed by atoms with Crippen molar-refractivity contribution in [2.24, 2.45) is 0 Å². The molecular formula is C49H33NO. The third-order valence-corrected chi connectivity index (χ3v) is 10.6. The molecule has 0 aliphatic heterocycles. The Hall–Kier alpha value is -6.64. The van der Waals surface area contributed by atoms with Gasteiger partial charge in [-0.05, 0) is 69.3 Å². The minimum absolute atomic E-state index is 0.501. The lowest BCUT2D eigenvalue weighted by Gasteiger charge is -2.34. The molecule has 0 N–H and O–H groups in total. The number of rotatable bonds is 6. The van der Waals surface area contributed by atoms with Crippen LogP contribution in [0.15, 0.2) is 205 Å². The van der Waals surface area contributed by atoms with Crippen LogP contribution in [0.5, 0.6) is 0 Å². The Balaban J connectivity index is 1.29. The van der Waals surface area contributed by atoms with Crippen LogP contribution in [0.4, 0.5) is 17.1 Å². The number of furan rings is 1. The van der Waals surface area contributed by atoms with Crippen molar-refractivity contribution in [2.75, 3.05) is 4.90 Å². The molecule has 1 aliphatic carbocycles. The van der Waals surface area contributed by atoms with E-state index in [2.05, 4.69) is 199 Å². The SMILES string of the molecule is c1ccc(-c2ccc(N(c3cccc4c3-c3ccccc3C4(c3ccccc3)c3ccccc3)c3cccc4c3oc3ccccc34)cc2)cc1. The van der Waals surface area contributed by atoms with Crippen LogP contribution >= 0.6 is 0 Å². The molecule has 0 bridgehead atoms. The molecule has 1 aromatic heterocycles. The average Bonchev–Trinajstić information content (AvgIpc) is 3.74. The maximum atomic E-state index is 6.73. The molecule has 2 heteroatoms. The Kier molecular flexibility index (Phi) is 6.75. The van der Waals surface area contributed by atoms with Gasteiger partial charge in [0.1, 0.15) is 5.58 Å². The highest BCUT2D eigenvalue weighted by Crippen LogP contribution is 2.59. The lowest BCUT2D eigenvalue weighted by atomic mass is 9.68. The molecule has 1 heterocycles. The molecule has 8 aromatic carbocycles. The first-order valence-corrected chi connectivity index (χ1v) is 17.5. The van der Waals surface area contributed by atoms with Gasteiger partial charge in [-0.2, -0.15) is 0 Å². The number of anilines is 3. The zero-order valence-corrected chi connectivity index (χ0v) is 27.9. The molecule has 0 fully saturated rings. The number of para-hydroxylation sites is 2. The molecule has 9 aromatic rings. The molecule has 0 spiro atoms. The third-order valence-electron chi connectivity index (χ3n) is 10.6. The van der Waals surface area contributed by atoms with Crippen LogP contribution < -0.4 is 4.90 Å². The normalized spacial score (nSPS) is 12.9. The summed E-state index contributed by atoms with van der Waals surface area (Å²) in [7, 11) is 0. The van der Waals surface area contributed by atoms with Crippen molar-refractivity contribution in [2.45, 2.75) is 5.41 Å². The van der Waals surface area contributed by atoms with Crippen molar-refractivity contribution in [3.8, 4) is 22.3 Å². The standard InChI is InChI=1S/C49H33NO/c1-4-16-34(17-5-1)35-30-32-38(33-31-35)50(45-28-14-24-40-39-22-11-13-29-46(39)51-48(40)45)44-27-15-26-43-47(44)41-23-10-12-25-42(41)49(43,36-18-6-2-7-19-36)37-20-8-3-9-21-37/h1-33H. The number of hydrogen-bond acceptors (Lipinski definition) is 2. The molecule has 10 rings (SSSR count).